The maximum absolute atomic E-state index is 12.3. The van der Waals surface area contributed by atoms with Gasteiger partial charge >= 0.3 is 0 Å². The summed E-state index contributed by atoms with van der Waals surface area (Å²) in [6, 6.07) is 6.15. The van der Waals surface area contributed by atoms with Crippen molar-refractivity contribution < 1.29 is 13.5 Å². The molecule has 0 unspecified atom stereocenters. The summed E-state index contributed by atoms with van der Waals surface area (Å²) in [5.41, 5.74) is 0. The number of nitrogens with one attached hydrogen (secondary N) is 1. The van der Waals surface area contributed by atoms with E-state index in [1.54, 1.807) is 12.1 Å². The number of phenolic OH excluding ortho intramolecular Hbond substituents is 1. The van der Waals surface area contributed by atoms with Crippen LogP contribution in [0.2, 0.25) is 0 Å². The molecule has 3 rings (SSSR count). The van der Waals surface area contributed by atoms with Gasteiger partial charge < -0.3 is 5.11 Å². The Balaban J connectivity index is 1.83. The average molecular weight is 267 g/mol. The standard InChI is InChI=1S/C13H17NO3S/c15-11-3-1-2-4-12(11)18(16,17)14-13(9-5-6-9)10-7-8-10/h1-4,9-10,13-15H,5-8H2. The van der Waals surface area contributed by atoms with Crippen LogP contribution in [0, 0.1) is 11.8 Å². The zero-order valence-corrected chi connectivity index (χ0v) is 10.9. The third kappa shape index (κ3) is 2.37. The van der Waals surface area contributed by atoms with E-state index in [1.807, 2.05) is 0 Å². The van der Waals surface area contributed by atoms with Crippen molar-refractivity contribution in [3.63, 3.8) is 0 Å². The van der Waals surface area contributed by atoms with Crippen LogP contribution >= 0.6 is 0 Å². The van der Waals surface area contributed by atoms with E-state index in [0.29, 0.717) is 11.8 Å². The van der Waals surface area contributed by atoms with Crippen molar-refractivity contribution in [1.29, 1.82) is 0 Å². The monoisotopic (exact) mass is 267 g/mol. The molecule has 1 aromatic rings. The van der Waals surface area contributed by atoms with Crippen LogP contribution in [-0.2, 0) is 10.0 Å². The Hall–Kier alpha value is -1.07. The first-order chi connectivity index (χ1) is 8.58. The highest BCUT2D eigenvalue weighted by molar-refractivity contribution is 7.89. The zero-order chi connectivity index (χ0) is 12.8. The Morgan fingerprint density at radius 3 is 2.17 bits per heavy atom. The molecule has 2 N–H and O–H groups in total. The molecule has 4 nitrogen and oxygen atoms in total. The van der Waals surface area contributed by atoms with Crippen molar-refractivity contribution in [2.75, 3.05) is 0 Å². The van der Waals surface area contributed by atoms with Gasteiger partial charge in [-0.2, -0.15) is 0 Å². The number of hydrogen-bond acceptors (Lipinski definition) is 3. The van der Waals surface area contributed by atoms with Crippen LogP contribution in [0.1, 0.15) is 25.7 Å². The Kier molecular flexibility index (Phi) is 2.83. The Labute approximate surface area is 107 Å². The Bertz CT molecular complexity index is 535. The molecule has 98 valence electrons. The van der Waals surface area contributed by atoms with Gasteiger partial charge in [0.2, 0.25) is 10.0 Å². The molecular weight excluding hydrogens is 250 g/mol. The number of phenols is 1. The quantitative estimate of drug-likeness (QED) is 0.855. The number of sulfonamides is 1. The molecule has 1 aromatic carbocycles. The molecule has 18 heavy (non-hydrogen) atoms. The van der Waals surface area contributed by atoms with Gasteiger partial charge in [0.05, 0.1) is 0 Å². The van der Waals surface area contributed by atoms with E-state index < -0.39 is 10.0 Å². The lowest BCUT2D eigenvalue weighted by Gasteiger charge is -2.18. The molecule has 0 aliphatic heterocycles. The fourth-order valence-electron chi connectivity index (χ4n) is 2.42. The molecule has 0 aromatic heterocycles. The first-order valence-corrected chi connectivity index (χ1v) is 7.86. The Morgan fingerprint density at radius 2 is 1.67 bits per heavy atom. The van der Waals surface area contributed by atoms with Gasteiger partial charge in [0.15, 0.2) is 0 Å². The van der Waals surface area contributed by atoms with Gasteiger partial charge in [-0.1, -0.05) is 12.1 Å². The number of rotatable bonds is 5. The minimum Gasteiger partial charge on any atom is -0.507 e. The third-order valence-electron chi connectivity index (χ3n) is 3.71. The van der Waals surface area contributed by atoms with Crippen molar-refractivity contribution in [2.45, 2.75) is 36.6 Å². The maximum atomic E-state index is 12.3. The minimum absolute atomic E-state index is 0.0173. The smallest absolute Gasteiger partial charge is 0.244 e. The van der Waals surface area contributed by atoms with E-state index >= 15 is 0 Å². The molecule has 2 aliphatic carbocycles. The van der Waals surface area contributed by atoms with Gasteiger partial charge in [-0.25, -0.2) is 13.1 Å². The maximum Gasteiger partial charge on any atom is 0.244 e. The lowest BCUT2D eigenvalue weighted by molar-refractivity contribution is 0.449. The van der Waals surface area contributed by atoms with E-state index in [0.717, 1.165) is 25.7 Å². The fourth-order valence-corrected chi connectivity index (χ4v) is 3.89. The molecule has 2 fully saturated rings. The normalized spacial score (nSPS) is 20.3. The lowest BCUT2D eigenvalue weighted by atomic mass is 10.1. The summed E-state index contributed by atoms with van der Waals surface area (Å²) in [6.07, 6.45) is 4.46. The van der Waals surface area contributed by atoms with E-state index in [2.05, 4.69) is 4.72 Å². The van der Waals surface area contributed by atoms with Crippen LogP contribution in [0.5, 0.6) is 5.75 Å². The number of benzene rings is 1. The molecule has 0 bridgehead atoms. The van der Waals surface area contributed by atoms with Gasteiger partial charge in [-0.3, -0.25) is 0 Å². The first kappa shape index (κ1) is 12.0. The summed E-state index contributed by atoms with van der Waals surface area (Å²) in [5.74, 6) is 0.812. The second-order valence-corrected chi connectivity index (χ2v) is 6.97. The summed E-state index contributed by atoms with van der Waals surface area (Å²) in [6.45, 7) is 0. The van der Waals surface area contributed by atoms with Crippen LogP contribution in [0.3, 0.4) is 0 Å². The first-order valence-electron chi connectivity index (χ1n) is 6.38. The summed E-state index contributed by atoms with van der Waals surface area (Å²) in [7, 11) is -3.60. The van der Waals surface area contributed by atoms with Gasteiger partial charge in [-0.05, 0) is 49.7 Å². The highest BCUT2D eigenvalue weighted by atomic mass is 32.2. The van der Waals surface area contributed by atoms with Gasteiger partial charge in [0.25, 0.3) is 0 Å². The zero-order valence-electron chi connectivity index (χ0n) is 10.0. The largest absolute Gasteiger partial charge is 0.507 e. The van der Waals surface area contributed by atoms with E-state index in [1.165, 1.54) is 12.1 Å². The number of aromatic hydroxyl groups is 1. The second-order valence-electron chi connectivity index (χ2n) is 5.29. The highest BCUT2D eigenvalue weighted by Gasteiger charge is 2.43. The van der Waals surface area contributed by atoms with Crippen LogP contribution in [0.4, 0.5) is 0 Å². The third-order valence-corrected chi connectivity index (χ3v) is 5.21. The van der Waals surface area contributed by atoms with Crippen LogP contribution in [-0.4, -0.2) is 19.6 Å². The van der Waals surface area contributed by atoms with Gasteiger partial charge in [-0.15, -0.1) is 0 Å². The molecule has 2 aliphatic rings. The van der Waals surface area contributed by atoms with E-state index in [-0.39, 0.29) is 16.7 Å². The summed E-state index contributed by atoms with van der Waals surface area (Å²) >= 11 is 0. The second kappa shape index (κ2) is 4.24. The van der Waals surface area contributed by atoms with Crippen molar-refractivity contribution >= 4 is 10.0 Å². The van der Waals surface area contributed by atoms with Crippen LogP contribution < -0.4 is 4.72 Å². The van der Waals surface area contributed by atoms with Crippen molar-refractivity contribution in [2.24, 2.45) is 11.8 Å². The lowest BCUT2D eigenvalue weighted by Crippen LogP contribution is -2.38. The average Bonchev–Trinajstić information content (AvgIpc) is 3.17. The molecule has 0 amide bonds. The highest BCUT2D eigenvalue weighted by Crippen LogP contribution is 2.45. The molecular formula is C13H17NO3S. The predicted octanol–water partition coefficient (Wildman–Crippen LogP) is 1.86. The molecule has 0 saturated heterocycles. The van der Waals surface area contributed by atoms with E-state index in [4.69, 9.17) is 0 Å². The fraction of sp³-hybridized carbons (Fsp3) is 0.538. The van der Waals surface area contributed by atoms with E-state index in [9.17, 15) is 13.5 Å². The van der Waals surface area contributed by atoms with Gasteiger partial charge in [0, 0.05) is 6.04 Å². The van der Waals surface area contributed by atoms with Crippen molar-refractivity contribution in [1.82, 2.24) is 4.72 Å². The number of para-hydroxylation sites is 1. The molecule has 0 heterocycles. The molecule has 0 atom stereocenters. The summed E-state index contributed by atoms with van der Waals surface area (Å²) in [4.78, 5) is -0.0173. The SMILES string of the molecule is O=S(=O)(NC(C1CC1)C1CC1)c1ccccc1O. The molecule has 2 saturated carbocycles. The summed E-state index contributed by atoms with van der Waals surface area (Å²) < 4.78 is 27.3. The molecule has 0 radical (unpaired) electrons. The van der Waals surface area contributed by atoms with Crippen LogP contribution in [0.15, 0.2) is 29.2 Å². The Morgan fingerprint density at radius 1 is 1.11 bits per heavy atom. The van der Waals surface area contributed by atoms with Crippen LogP contribution in [0.25, 0.3) is 0 Å². The summed E-state index contributed by atoms with van der Waals surface area (Å²) in [5, 5.41) is 9.65. The minimum atomic E-state index is -3.60. The molecule has 0 spiro atoms. The van der Waals surface area contributed by atoms with Crippen molar-refractivity contribution in [3.05, 3.63) is 24.3 Å². The number of hydrogen-bond donors (Lipinski definition) is 2. The van der Waals surface area contributed by atoms with Gasteiger partial charge in [0.1, 0.15) is 10.6 Å². The van der Waals surface area contributed by atoms with Crippen molar-refractivity contribution in [3.8, 4) is 5.75 Å². The predicted molar refractivity (Wildman–Crippen MR) is 67.7 cm³/mol. The topological polar surface area (TPSA) is 66.4 Å². The molecule has 5 heteroatoms.